The lowest BCUT2D eigenvalue weighted by molar-refractivity contribution is -0.586. The fourth-order valence-electron chi connectivity index (χ4n) is 1.58. The fourth-order valence-corrected chi connectivity index (χ4v) is 1.58. The highest BCUT2D eigenvalue weighted by atomic mass is 16.5. The first-order valence-electron chi connectivity index (χ1n) is 5.80. The molecule has 0 bridgehead atoms. The molecule has 0 aromatic heterocycles. The minimum absolute atomic E-state index is 0.129. The quantitative estimate of drug-likeness (QED) is 0.711. The first-order chi connectivity index (χ1) is 8.63. The molecule has 0 radical (unpaired) electrons. The summed E-state index contributed by atoms with van der Waals surface area (Å²) in [6, 6.07) is 9.08. The number of carbonyl (C=O) groups is 2. The second kappa shape index (κ2) is 7.58. The lowest BCUT2D eigenvalue weighted by Crippen LogP contribution is -2.90. The van der Waals surface area contributed by atoms with Gasteiger partial charge in [0.25, 0.3) is 0 Å². The number of carbonyl (C=O) groups excluding carboxylic acids is 2. The molecule has 1 atom stereocenters. The topological polar surface area (TPSA) is 72.0 Å². The molecule has 1 unspecified atom stereocenters. The fraction of sp³-hybridized carbons (Fsp3) is 0.385. The van der Waals surface area contributed by atoms with Gasteiger partial charge >= 0.3 is 5.91 Å². The van der Waals surface area contributed by atoms with Crippen LogP contribution in [0.25, 0.3) is 0 Å². The number of hydrogen-bond donors (Lipinski definition) is 2. The Hall–Kier alpha value is -1.72. The molecule has 0 aliphatic carbocycles. The predicted molar refractivity (Wildman–Crippen MR) is 66.6 cm³/mol. The number of hydrogen-bond acceptors (Lipinski definition) is 3. The summed E-state index contributed by atoms with van der Waals surface area (Å²) in [6.07, 6.45) is 0. The maximum absolute atomic E-state index is 11.9. The molecular weight excluding hydrogens is 232 g/mol. The van der Waals surface area contributed by atoms with Gasteiger partial charge in [0.2, 0.25) is 5.91 Å². The van der Waals surface area contributed by atoms with Crippen LogP contribution in [0.1, 0.15) is 12.5 Å². The molecule has 1 rings (SSSR count). The third-order valence-electron chi connectivity index (χ3n) is 2.44. The van der Waals surface area contributed by atoms with E-state index in [1.54, 1.807) is 5.32 Å². The van der Waals surface area contributed by atoms with Gasteiger partial charge in [0, 0.05) is 19.6 Å². The SMILES string of the molecule is COCC(NC(C)=O)C(=O)[NH2+]Cc1ccccc1. The zero-order chi connectivity index (χ0) is 13.4. The molecule has 5 heteroatoms. The minimum atomic E-state index is -0.601. The van der Waals surface area contributed by atoms with E-state index < -0.39 is 6.04 Å². The highest BCUT2D eigenvalue weighted by Crippen LogP contribution is 1.94. The van der Waals surface area contributed by atoms with Crippen LogP contribution in [0.3, 0.4) is 0 Å². The van der Waals surface area contributed by atoms with Crippen molar-refractivity contribution in [3.05, 3.63) is 35.9 Å². The van der Waals surface area contributed by atoms with Gasteiger partial charge in [-0.05, 0) is 0 Å². The average Bonchev–Trinajstić information content (AvgIpc) is 2.36. The van der Waals surface area contributed by atoms with E-state index in [4.69, 9.17) is 4.74 Å². The lowest BCUT2D eigenvalue weighted by Gasteiger charge is -2.13. The molecule has 0 spiro atoms. The number of primary amides is 1. The zero-order valence-electron chi connectivity index (χ0n) is 10.7. The second-order valence-corrected chi connectivity index (χ2v) is 4.00. The predicted octanol–water partition coefficient (Wildman–Crippen LogP) is -0.572. The normalized spacial score (nSPS) is 11.9. The number of amides is 2. The van der Waals surface area contributed by atoms with Gasteiger partial charge < -0.3 is 10.1 Å². The lowest BCUT2D eigenvalue weighted by atomic mass is 10.2. The molecule has 0 heterocycles. The van der Waals surface area contributed by atoms with Crippen LogP contribution >= 0.6 is 0 Å². The largest absolute Gasteiger partial charge is 0.382 e. The number of benzene rings is 1. The molecule has 0 saturated heterocycles. The Morgan fingerprint density at radius 3 is 2.56 bits per heavy atom. The van der Waals surface area contributed by atoms with E-state index in [-0.39, 0.29) is 18.4 Å². The van der Waals surface area contributed by atoms with E-state index >= 15 is 0 Å². The third-order valence-corrected chi connectivity index (χ3v) is 2.44. The van der Waals surface area contributed by atoms with E-state index in [1.807, 2.05) is 30.3 Å². The van der Waals surface area contributed by atoms with Crippen molar-refractivity contribution >= 4 is 11.8 Å². The molecule has 0 aliphatic rings. The Kier molecular flexibility index (Phi) is 6.04. The third kappa shape index (κ3) is 5.07. The van der Waals surface area contributed by atoms with E-state index in [0.717, 1.165) is 5.56 Å². The molecule has 1 aromatic carbocycles. The minimum Gasteiger partial charge on any atom is -0.382 e. The zero-order valence-corrected chi connectivity index (χ0v) is 10.7. The van der Waals surface area contributed by atoms with Crippen LogP contribution in [-0.2, 0) is 20.9 Å². The summed E-state index contributed by atoms with van der Waals surface area (Å²) in [5.41, 5.74) is 1.06. The molecule has 2 amide bonds. The van der Waals surface area contributed by atoms with E-state index in [9.17, 15) is 9.59 Å². The molecule has 0 aliphatic heterocycles. The average molecular weight is 251 g/mol. The Balaban J connectivity index is 2.48. The van der Waals surface area contributed by atoms with Gasteiger partial charge in [0.1, 0.15) is 6.54 Å². The van der Waals surface area contributed by atoms with Crippen molar-refractivity contribution in [2.24, 2.45) is 0 Å². The first-order valence-corrected chi connectivity index (χ1v) is 5.80. The number of rotatable bonds is 6. The summed E-state index contributed by atoms with van der Waals surface area (Å²) in [4.78, 5) is 22.9. The van der Waals surface area contributed by atoms with Crippen LogP contribution in [0, 0.1) is 0 Å². The van der Waals surface area contributed by atoms with Crippen LogP contribution in [0.2, 0.25) is 0 Å². The van der Waals surface area contributed by atoms with Crippen molar-refractivity contribution in [1.29, 1.82) is 0 Å². The Labute approximate surface area is 107 Å². The maximum Gasteiger partial charge on any atom is 0.335 e. The van der Waals surface area contributed by atoms with Crippen molar-refractivity contribution in [2.75, 3.05) is 13.7 Å². The van der Waals surface area contributed by atoms with Gasteiger partial charge in [0.15, 0.2) is 6.04 Å². The summed E-state index contributed by atoms with van der Waals surface area (Å²) < 4.78 is 4.92. The molecule has 0 saturated carbocycles. The molecule has 18 heavy (non-hydrogen) atoms. The van der Waals surface area contributed by atoms with Crippen molar-refractivity contribution < 1.29 is 19.6 Å². The summed E-state index contributed by atoms with van der Waals surface area (Å²) in [5.74, 6) is -0.366. The van der Waals surface area contributed by atoms with Gasteiger partial charge in [-0.25, -0.2) is 4.79 Å². The molecule has 5 nitrogen and oxygen atoms in total. The van der Waals surface area contributed by atoms with Crippen LogP contribution in [0.15, 0.2) is 30.3 Å². The summed E-state index contributed by atoms with van der Waals surface area (Å²) in [7, 11) is 1.50. The monoisotopic (exact) mass is 251 g/mol. The molecular formula is C13H19N2O3+. The van der Waals surface area contributed by atoms with Crippen LogP contribution < -0.4 is 10.6 Å². The van der Waals surface area contributed by atoms with Crippen molar-refractivity contribution in [3.63, 3.8) is 0 Å². The highest BCUT2D eigenvalue weighted by Gasteiger charge is 2.22. The molecule has 0 fully saturated rings. The number of methoxy groups -OCH3 is 1. The van der Waals surface area contributed by atoms with Crippen molar-refractivity contribution in [3.8, 4) is 0 Å². The van der Waals surface area contributed by atoms with Gasteiger partial charge in [-0.3, -0.25) is 10.1 Å². The number of nitrogens with two attached hydrogens (primary N) is 1. The van der Waals surface area contributed by atoms with E-state index in [2.05, 4.69) is 5.32 Å². The van der Waals surface area contributed by atoms with Gasteiger partial charge in [-0.2, -0.15) is 0 Å². The number of ether oxygens (including phenoxy) is 1. The van der Waals surface area contributed by atoms with Crippen LogP contribution in [-0.4, -0.2) is 31.6 Å². The van der Waals surface area contributed by atoms with Crippen LogP contribution in [0.5, 0.6) is 0 Å². The number of nitrogens with one attached hydrogen (secondary N) is 1. The summed E-state index contributed by atoms with van der Waals surface area (Å²) in [5, 5.41) is 4.15. The van der Waals surface area contributed by atoms with Gasteiger partial charge in [0.05, 0.1) is 6.61 Å². The summed E-state index contributed by atoms with van der Waals surface area (Å²) in [6.45, 7) is 2.12. The second-order valence-electron chi connectivity index (χ2n) is 4.00. The summed E-state index contributed by atoms with van der Waals surface area (Å²) >= 11 is 0. The van der Waals surface area contributed by atoms with Crippen LogP contribution in [0.4, 0.5) is 0 Å². The smallest absolute Gasteiger partial charge is 0.335 e. The Morgan fingerprint density at radius 1 is 1.33 bits per heavy atom. The van der Waals surface area contributed by atoms with Crippen molar-refractivity contribution in [1.82, 2.24) is 5.32 Å². The number of quaternary nitrogens is 1. The van der Waals surface area contributed by atoms with Gasteiger partial charge in [-0.1, -0.05) is 30.3 Å². The first kappa shape index (κ1) is 14.3. The standard InChI is InChI=1S/C13H18N2O3/c1-10(16)15-12(9-18-2)13(17)14-8-11-6-4-3-5-7-11/h3-7,12H,8-9H2,1-2H3,(H,14,17)(H,15,16)/p+1. The molecule has 1 aromatic rings. The molecule has 3 N–H and O–H groups in total. The van der Waals surface area contributed by atoms with E-state index in [0.29, 0.717) is 6.54 Å². The Bertz CT molecular complexity index is 392. The Morgan fingerprint density at radius 2 is 2.00 bits per heavy atom. The van der Waals surface area contributed by atoms with E-state index in [1.165, 1.54) is 14.0 Å². The maximum atomic E-state index is 11.9. The highest BCUT2D eigenvalue weighted by molar-refractivity contribution is 5.81. The molecule has 98 valence electrons. The van der Waals surface area contributed by atoms with Crippen molar-refractivity contribution in [2.45, 2.75) is 19.5 Å². The van der Waals surface area contributed by atoms with Gasteiger partial charge in [-0.15, -0.1) is 0 Å².